The fourth-order valence-corrected chi connectivity index (χ4v) is 0.911. The van der Waals surface area contributed by atoms with Crippen LogP contribution in [0.4, 0.5) is 0 Å². The van der Waals surface area contributed by atoms with Crippen molar-refractivity contribution in [3.8, 4) is 0 Å². The van der Waals surface area contributed by atoms with E-state index in [0.717, 1.165) is 0 Å². The number of aromatic nitrogens is 1. The molecule has 1 aromatic rings. The Bertz CT molecular complexity index is 315. The van der Waals surface area contributed by atoms with E-state index in [1.165, 1.54) is 12.3 Å². The van der Waals surface area contributed by atoms with Gasteiger partial charge in [-0.15, -0.1) is 0 Å². The number of nitrogens with one attached hydrogen (secondary N) is 1. The molecule has 1 heterocycles. The Hall–Kier alpha value is -1.78. The average molecular weight is 169 g/mol. The predicted octanol–water partition coefficient (Wildman–Crippen LogP) is 0.340. The highest BCUT2D eigenvalue weighted by Crippen LogP contribution is 2.07. The number of hydrogen-bond donors (Lipinski definition) is 3. The van der Waals surface area contributed by atoms with Crippen LogP contribution >= 0.6 is 0 Å². The van der Waals surface area contributed by atoms with Crippen molar-refractivity contribution in [1.29, 1.82) is 0 Å². The second-order valence-electron chi connectivity index (χ2n) is 2.25. The van der Waals surface area contributed by atoms with Crippen LogP contribution in [0.25, 0.3) is 0 Å². The molecule has 0 fully saturated rings. The topological polar surface area (TPSA) is 90.4 Å². The third kappa shape index (κ3) is 1.63. The number of rotatable bonds is 3. The summed E-state index contributed by atoms with van der Waals surface area (Å²) < 4.78 is 0. The molecule has 0 unspecified atom stereocenters. The fraction of sp³-hybridized carbons (Fsp3) is 0.143. The highest BCUT2D eigenvalue weighted by atomic mass is 16.4. The molecule has 0 saturated heterocycles. The van der Waals surface area contributed by atoms with E-state index in [2.05, 4.69) is 4.98 Å². The van der Waals surface area contributed by atoms with Gasteiger partial charge in [0.2, 0.25) is 0 Å². The molecule has 5 nitrogen and oxygen atoms in total. The van der Waals surface area contributed by atoms with E-state index in [-0.39, 0.29) is 17.7 Å². The van der Waals surface area contributed by atoms with Crippen molar-refractivity contribution in [2.75, 3.05) is 0 Å². The molecule has 0 aromatic carbocycles. The Kier molecular flexibility index (Phi) is 2.14. The summed E-state index contributed by atoms with van der Waals surface area (Å²) in [5, 5.41) is 16.9. The second kappa shape index (κ2) is 3.08. The molecule has 1 aromatic heterocycles. The first-order chi connectivity index (χ1) is 5.61. The molecule has 0 atom stereocenters. The van der Waals surface area contributed by atoms with Crippen LogP contribution in [0, 0.1) is 0 Å². The molecule has 0 bridgehead atoms. The minimum Gasteiger partial charge on any atom is -0.481 e. The van der Waals surface area contributed by atoms with Gasteiger partial charge in [-0.3, -0.25) is 4.79 Å². The number of aromatic carboxylic acids is 1. The van der Waals surface area contributed by atoms with Gasteiger partial charge in [-0.05, 0) is 11.6 Å². The summed E-state index contributed by atoms with van der Waals surface area (Å²) in [6.45, 7) is 0. The molecular weight excluding hydrogens is 162 g/mol. The van der Waals surface area contributed by atoms with Crippen LogP contribution in [-0.4, -0.2) is 27.1 Å². The number of carboxylic acids is 2. The number of hydrogen-bond acceptors (Lipinski definition) is 2. The van der Waals surface area contributed by atoms with Crippen molar-refractivity contribution in [3.05, 3.63) is 23.5 Å². The lowest BCUT2D eigenvalue weighted by atomic mass is 10.2. The zero-order valence-corrected chi connectivity index (χ0v) is 6.07. The van der Waals surface area contributed by atoms with Crippen LogP contribution in [-0.2, 0) is 11.2 Å². The zero-order valence-electron chi connectivity index (χ0n) is 6.07. The molecule has 0 aliphatic rings. The van der Waals surface area contributed by atoms with Crippen LogP contribution in [0.15, 0.2) is 12.3 Å². The Morgan fingerprint density at radius 3 is 2.58 bits per heavy atom. The number of H-pyrrole nitrogens is 1. The minimum absolute atomic E-state index is 0.0580. The molecule has 0 saturated carbocycles. The number of carbonyl (C=O) groups is 2. The van der Waals surface area contributed by atoms with Crippen molar-refractivity contribution in [2.45, 2.75) is 6.42 Å². The molecule has 0 radical (unpaired) electrons. The van der Waals surface area contributed by atoms with Gasteiger partial charge in [0.25, 0.3) is 0 Å². The minimum atomic E-state index is -1.14. The molecule has 0 amide bonds. The SMILES string of the molecule is O=C(O)Cc1cc[nH]c1C(=O)O. The first-order valence-corrected chi connectivity index (χ1v) is 3.22. The summed E-state index contributed by atoms with van der Waals surface area (Å²) >= 11 is 0. The molecule has 0 spiro atoms. The average Bonchev–Trinajstić information content (AvgIpc) is 2.33. The maximum Gasteiger partial charge on any atom is 0.352 e. The summed E-state index contributed by atoms with van der Waals surface area (Å²) in [4.78, 5) is 23.1. The molecular formula is C7H7NO4. The van der Waals surface area contributed by atoms with Crippen molar-refractivity contribution < 1.29 is 19.8 Å². The molecule has 12 heavy (non-hydrogen) atoms. The van der Waals surface area contributed by atoms with Gasteiger partial charge in [-0.25, -0.2) is 4.79 Å². The predicted molar refractivity (Wildman–Crippen MR) is 39.1 cm³/mol. The van der Waals surface area contributed by atoms with Gasteiger partial charge in [0.15, 0.2) is 0 Å². The Morgan fingerprint density at radius 1 is 1.42 bits per heavy atom. The third-order valence-electron chi connectivity index (χ3n) is 1.39. The lowest BCUT2D eigenvalue weighted by Crippen LogP contribution is -2.06. The highest BCUT2D eigenvalue weighted by molar-refractivity contribution is 5.88. The quantitative estimate of drug-likeness (QED) is 0.608. The summed E-state index contributed by atoms with van der Waals surface area (Å²) in [6, 6.07) is 1.44. The van der Waals surface area contributed by atoms with E-state index in [9.17, 15) is 9.59 Å². The summed E-state index contributed by atoms with van der Waals surface area (Å²) in [6.07, 6.45) is 1.13. The van der Waals surface area contributed by atoms with Crippen LogP contribution in [0.1, 0.15) is 16.1 Å². The van der Waals surface area contributed by atoms with E-state index in [0.29, 0.717) is 0 Å². The third-order valence-corrected chi connectivity index (χ3v) is 1.39. The lowest BCUT2D eigenvalue weighted by molar-refractivity contribution is -0.136. The first-order valence-electron chi connectivity index (χ1n) is 3.22. The van der Waals surface area contributed by atoms with Crippen molar-refractivity contribution >= 4 is 11.9 Å². The lowest BCUT2D eigenvalue weighted by Gasteiger charge is -1.94. The van der Waals surface area contributed by atoms with Gasteiger partial charge in [-0.1, -0.05) is 0 Å². The van der Waals surface area contributed by atoms with E-state index >= 15 is 0 Å². The summed E-state index contributed by atoms with van der Waals surface area (Å²) in [7, 11) is 0. The van der Waals surface area contributed by atoms with Crippen LogP contribution in [0.2, 0.25) is 0 Å². The maximum atomic E-state index is 10.4. The van der Waals surface area contributed by atoms with Crippen molar-refractivity contribution in [3.63, 3.8) is 0 Å². The molecule has 1 rings (SSSR count). The van der Waals surface area contributed by atoms with E-state index < -0.39 is 11.9 Å². The molecule has 64 valence electrons. The monoisotopic (exact) mass is 169 g/mol. The highest BCUT2D eigenvalue weighted by Gasteiger charge is 2.12. The van der Waals surface area contributed by atoms with Crippen LogP contribution in [0.5, 0.6) is 0 Å². The fourth-order valence-electron chi connectivity index (χ4n) is 0.911. The molecule has 0 aliphatic carbocycles. The first kappa shape index (κ1) is 8.32. The number of carboxylic acid groups (broad SMARTS) is 2. The van der Waals surface area contributed by atoms with Crippen LogP contribution < -0.4 is 0 Å². The molecule has 0 aliphatic heterocycles. The summed E-state index contributed by atoms with van der Waals surface area (Å²) in [5.41, 5.74) is 0.229. The van der Waals surface area contributed by atoms with Crippen LogP contribution in [0.3, 0.4) is 0 Å². The van der Waals surface area contributed by atoms with Gasteiger partial charge in [0.1, 0.15) is 5.69 Å². The van der Waals surface area contributed by atoms with Gasteiger partial charge < -0.3 is 15.2 Å². The smallest absolute Gasteiger partial charge is 0.352 e. The Balaban J connectivity index is 2.91. The normalized spacial score (nSPS) is 9.67. The number of aliphatic carboxylic acids is 1. The van der Waals surface area contributed by atoms with Gasteiger partial charge >= 0.3 is 11.9 Å². The van der Waals surface area contributed by atoms with Gasteiger partial charge in [0, 0.05) is 6.20 Å². The Morgan fingerprint density at radius 2 is 2.08 bits per heavy atom. The molecule has 5 heteroatoms. The van der Waals surface area contributed by atoms with Crippen molar-refractivity contribution in [2.24, 2.45) is 0 Å². The van der Waals surface area contributed by atoms with Gasteiger partial charge in [-0.2, -0.15) is 0 Å². The summed E-state index contributed by atoms with van der Waals surface area (Å²) in [5.74, 6) is -2.19. The standard InChI is InChI=1S/C7H7NO4/c9-5(10)3-4-1-2-8-6(4)7(11)12/h1-2,8H,3H2,(H,9,10)(H,11,12). The zero-order chi connectivity index (χ0) is 9.14. The molecule has 3 N–H and O–H groups in total. The Labute approximate surface area is 67.6 Å². The van der Waals surface area contributed by atoms with Crippen molar-refractivity contribution in [1.82, 2.24) is 4.98 Å². The number of aromatic amines is 1. The van der Waals surface area contributed by atoms with E-state index in [1.54, 1.807) is 0 Å². The van der Waals surface area contributed by atoms with E-state index in [4.69, 9.17) is 10.2 Å². The maximum absolute atomic E-state index is 10.4. The largest absolute Gasteiger partial charge is 0.481 e. The van der Waals surface area contributed by atoms with Gasteiger partial charge in [0.05, 0.1) is 6.42 Å². The van der Waals surface area contributed by atoms with E-state index in [1.807, 2.05) is 0 Å². The second-order valence-corrected chi connectivity index (χ2v) is 2.25.